The molecule has 0 aliphatic carbocycles. The summed E-state index contributed by atoms with van der Waals surface area (Å²) >= 11 is 0. The van der Waals surface area contributed by atoms with Gasteiger partial charge in [0.1, 0.15) is 11.6 Å². The molecule has 4 nitrogen and oxygen atoms in total. The molecule has 3 aromatic rings. The lowest BCUT2D eigenvalue weighted by molar-refractivity contribution is -0.385. The van der Waals surface area contributed by atoms with Gasteiger partial charge in [0.2, 0.25) is 5.75 Å². The molecule has 0 spiro atoms. The maximum absolute atomic E-state index is 13.1. The predicted octanol–water partition coefficient (Wildman–Crippen LogP) is 4.68. The fourth-order valence-electron chi connectivity index (χ4n) is 2.08. The molecular formula is C16H10FNO3. The first kappa shape index (κ1) is 13.1. The molecule has 5 heteroatoms. The van der Waals surface area contributed by atoms with Crippen molar-refractivity contribution in [2.75, 3.05) is 0 Å². The van der Waals surface area contributed by atoms with Gasteiger partial charge in [-0.1, -0.05) is 30.3 Å². The van der Waals surface area contributed by atoms with Crippen LogP contribution >= 0.6 is 0 Å². The Morgan fingerprint density at radius 3 is 2.48 bits per heavy atom. The lowest BCUT2D eigenvalue weighted by Gasteiger charge is -2.07. The van der Waals surface area contributed by atoms with Crippen molar-refractivity contribution in [3.63, 3.8) is 0 Å². The number of halogens is 1. The number of fused-ring (bicyclic) bond motifs is 1. The van der Waals surface area contributed by atoms with E-state index >= 15 is 0 Å². The van der Waals surface area contributed by atoms with Crippen molar-refractivity contribution in [3.8, 4) is 11.5 Å². The molecule has 0 saturated heterocycles. The summed E-state index contributed by atoms with van der Waals surface area (Å²) in [6.45, 7) is 0. The Morgan fingerprint density at radius 2 is 1.71 bits per heavy atom. The summed E-state index contributed by atoms with van der Waals surface area (Å²) in [5.41, 5.74) is -0.400. The molecular weight excluding hydrogens is 273 g/mol. The van der Waals surface area contributed by atoms with E-state index in [1.165, 1.54) is 6.07 Å². The average Bonchev–Trinajstić information content (AvgIpc) is 2.49. The summed E-state index contributed by atoms with van der Waals surface area (Å²) in [5, 5.41) is 12.9. The van der Waals surface area contributed by atoms with Crippen LogP contribution in [0.3, 0.4) is 0 Å². The smallest absolute Gasteiger partial charge is 0.314 e. The van der Waals surface area contributed by atoms with Gasteiger partial charge in [0, 0.05) is 0 Å². The normalized spacial score (nSPS) is 10.5. The van der Waals surface area contributed by atoms with Gasteiger partial charge in [0.15, 0.2) is 0 Å². The number of benzene rings is 3. The number of hydrogen-bond donors (Lipinski definition) is 0. The minimum atomic E-state index is -0.674. The van der Waals surface area contributed by atoms with Crippen molar-refractivity contribution in [3.05, 3.63) is 76.6 Å². The van der Waals surface area contributed by atoms with Crippen LogP contribution in [0, 0.1) is 15.9 Å². The largest absolute Gasteiger partial charge is 0.450 e. The Balaban J connectivity index is 2.00. The summed E-state index contributed by atoms with van der Waals surface area (Å²) in [5.74, 6) is -0.201. The highest BCUT2D eigenvalue weighted by molar-refractivity contribution is 5.83. The second kappa shape index (κ2) is 5.20. The van der Waals surface area contributed by atoms with Crippen LogP contribution in [0.25, 0.3) is 10.8 Å². The van der Waals surface area contributed by atoms with Gasteiger partial charge >= 0.3 is 5.69 Å². The van der Waals surface area contributed by atoms with E-state index in [1.807, 2.05) is 30.3 Å². The van der Waals surface area contributed by atoms with Crippen LogP contribution in [0.5, 0.6) is 11.5 Å². The SMILES string of the molecule is O=[N+]([O-])c1cc(F)ccc1Oc1ccc2ccccc2c1. The minimum absolute atomic E-state index is 0.0108. The zero-order valence-corrected chi connectivity index (χ0v) is 10.8. The standard InChI is InChI=1S/C16H10FNO3/c17-13-6-8-16(15(10-13)18(19)20)21-14-7-5-11-3-1-2-4-12(11)9-14/h1-10H. The van der Waals surface area contributed by atoms with Gasteiger partial charge in [-0.15, -0.1) is 0 Å². The van der Waals surface area contributed by atoms with E-state index in [2.05, 4.69) is 0 Å². The van der Waals surface area contributed by atoms with Crippen molar-refractivity contribution >= 4 is 16.5 Å². The Morgan fingerprint density at radius 1 is 0.952 bits per heavy atom. The first-order chi connectivity index (χ1) is 10.1. The molecule has 104 valence electrons. The molecule has 0 atom stereocenters. The van der Waals surface area contributed by atoms with Gasteiger partial charge in [-0.3, -0.25) is 10.1 Å². The molecule has 0 amide bonds. The molecule has 0 bridgehead atoms. The molecule has 0 N–H and O–H groups in total. The number of nitro benzene ring substituents is 1. The quantitative estimate of drug-likeness (QED) is 0.518. The highest BCUT2D eigenvalue weighted by Gasteiger charge is 2.17. The number of nitrogens with zero attached hydrogens (tertiary/aromatic N) is 1. The second-order valence-corrected chi connectivity index (χ2v) is 4.48. The third-order valence-electron chi connectivity index (χ3n) is 3.07. The van der Waals surface area contributed by atoms with Gasteiger partial charge in [-0.25, -0.2) is 4.39 Å². The number of nitro groups is 1. The lowest BCUT2D eigenvalue weighted by atomic mass is 10.1. The van der Waals surface area contributed by atoms with Crippen LogP contribution in [-0.4, -0.2) is 4.92 Å². The lowest BCUT2D eigenvalue weighted by Crippen LogP contribution is -1.94. The Labute approximate surface area is 119 Å². The Hall–Kier alpha value is -2.95. The van der Waals surface area contributed by atoms with E-state index < -0.39 is 16.4 Å². The third kappa shape index (κ3) is 2.67. The van der Waals surface area contributed by atoms with Crippen LogP contribution in [0.15, 0.2) is 60.7 Å². The molecule has 3 rings (SSSR count). The van der Waals surface area contributed by atoms with Crippen molar-refractivity contribution < 1.29 is 14.1 Å². The zero-order chi connectivity index (χ0) is 14.8. The number of rotatable bonds is 3. The maximum atomic E-state index is 13.1. The van der Waals surface area contributed by atoms with Crippen molar-refractivity contribution in [1.29, 1.82) is 0 Å². The Bertz CT molecular complexity index is 833. The predicted molar refractivity (Wildman–Crippen MR) is 77.1 cm³/mol. The molecule has 0 saturated carbocycles. The summed E-state index contributed by atoms with van der Waals surface area (Å²) in [6, 6.07) is 16.3. The highest BCUT2D eigenvalue weighted by atomic mass is 19.1. The second-order valence-electron chi connectivity index (χ2n) is 4.48. The van der Waals surface area contributed by atoms with E-state index in [0.29, 0.717) is 5.75 Å². The van der Waals surface area contributed by atoms with Crippen LogP contribution in [0.1, 0.15) is 0 Å². The van der Waals surface area contributed by atoms with Gasteiger partial charge in [0.25, 0.3) is 0 Å². The minimum Gasteiger partial charge on any atom is -0.450 e. The third-order valence-corrected chi connectivity index (χ3v) is 3.07. The van der Waals surface area contributed by atoms with Crippen LogP contribution in [-0.2, 0) is 0 Å². The summed E-state index contributed by atoms with van der Waals surface area (Å²) in [6.07, 6.45) is 0. The van der Waals surface area contributed by atoms with Crippen molar-refractivity contribution in [2.24, 2.45) is 0 Å². The maximum Gasteiger partial charge on any atom is 0.314 e. The molecule has 3 aromatic carbocycles. The first-order valence-electron chi connectivity index (χ1n) is 6.24. The van der Waals surface area contributed by atoms with Gasteiger partial charge < -0.3 is 4.74 Å². The average molecular weight is 283 g/mol. The van der Waals surface area contributed by atoms with Crippen molar-refractivity contribution in [2.45, 2.75) is 0 Å². The number of hydrogen-bond acceptors (Lipinski definition) is 3. The fourth-order valence-corrected chi connectivity index (χ4v) is 2.08. The van der Waals surface area contributed by atoms with Gasteiger partial charge in [-0.2, -0.15) is 0 Å². The number of ether oxygens (including phenoxy) is 1. The summed E-state index contributed by atoms with van der Waals surface area (Å²) in [7, 11) is 0. The summed E-state index contributed by atoms with van der Waals surface area (Å²) < 4.78 is 18.6. The van der Waals surface area contributed by atoms with Crippen LogP contribution < -0.4 is 4.74 Å². The van der Waals surface area contributed by atoms with E-state index in [-0.39, 0.29) is 5.75 Å². The van der Waals surface area contributed by atoms with E-state index in [1.54, 1.807) is 12.1 Å². The molecule has 0 heterocycles. The van der Waals surface area contributed by atoms with Gasteiger partial charge in [-0.05, 0) is 35.0 Å². The van der Waals surface area contributed by atoms with Crippen LogP contribution in [0.4, 0.5) is 10.1 Å². The topological polar surface area (TPSA) is 52.4 Å². The molecule has 0 aliphatic rings. The fraction of sp³-hybridized carbons (Fsp3) is 0. The van der Waals surface area contributed by atoms with Crippen LogP contribution in [0.2, 0.25) is 0 Å². The molecule has 0 aromatic heterocycles. The van der Waals surface area contributed by atoms with E-state index in [4.69, 9.17) is 4.74 Å². The first-order valence-corrected chi connectivity index (χ1v) is 6.24. The molecule has 21 heavy (non-hydrogen) atoms. The monoisotopic (exact) mass is 283 g/mol. The molecule has 0 aliphatic heterocycles. The summed E-state index contributed by atoms with van der Waals surface area (Å²) in [4.78, 5) is 10.3. The van der Waals surface area contributed by atoms with Gasteiger partial charge in [0.05, 0.1) is 11.0 Å². The Kier molecular flexibility index (Phi) is 3.23. The molecule has 0 radical (unpaired) electrons. The van der Waals surface area contributed by atoms with E-state index in [0.717, 1.165) is 22.9 Å². The highest BCUT2D eigenvalue weighted by Crippen LogP contribution is 2.33. The zero-order valence-electron chi connectivity index (χ0n) is 10.8. The van der Waals surface area contributed by atoms with E-state index in [9.17, 15) is 14.5 Å². The molecule has 0 unspecified atom stereocenters. The molecule has 0 fully saturated rings. The van der Waals surface area contributed by atoms with Crippen molar-refractivity contribution in [1.82, 2.24) is 0 Å².